The fraction of sp³-hybridized carbons (Fsp3) is 0.340. The average molecular weight is 923 g/mol. The summed E-state index contributed by atoms with van der Waals surface area (Å²) in [7, 11) is 1.96. The van der Waals surface area contributed by atoms with Gasteiger partial charge >= 0.3 is 18.3 Å². The summed E-state index contributed by atoms with van der Waals surface area (Å²) in [4.78, 5) is 42.9. The van der Waals surface area contributed by atoms with E-state index in [2.05, 4.69) is 10.6 Å². The third-order valence-corrected chi connectivity index (χ3v) is 11.9. The van der Waals surface area contributed by atoms with E-state index in [9.17, 15) is 45.8 Å². The number of hydrogen-bond acceptors (Lipinski definition) is 9. The number of alkyl halides is 6. The van der Waals surface area contributed by atoms with Gasteiger partial charge in [0.25, 0.3) is 11.8 Å². The Labute approximate surface area is 378 Å². The number of benzene rings is 4. The van der Waals surface area contributed by atoms with Gasteiger partial charge in [0.15, 0.2) is 0 Å². The Bertz CT molecular complexity index is 2300. The minimum Gasteiger partial charge on any atom is -0.481 e. The lowest BCUT2D eigenvalue weighted by Crippen LogP contribution is -2.48. The highest BCUT2D eigenvalue weighted by atomic mass is 19.4. The van der Waals surface area contributed by atoms with E-state index in [4.69, 9.17) is 22.9 Å². The van der Waals surface area contributed by atoms with E-state index in [1.807, 2.05) is 7.05 Å². The second-order valence-electron chi connectivity index (χ2n) is 16.9. The number of anilines is 4. The van der Waals surface area contributed by atoms with Crippen LogP contribution in [0.4, 0.5) is 49.1 Å². The monoisotopic (exact) mass is 922 g/mol. The molecule has 0 aliphatic carbocycles. The second kappa shape index (κ2) is 20.3. The van der Waals surface area contributed by atoms with Crippen LogP contribution in [0.25, 0.3) is 0 Å². The predicted molar refractivity (Wildman–Crippen MR) is 240 cm³/mol. The Morgan fingerprint density at radius 3 is 1.39 bits per heavy atom. The Kier molecular flexibility index (Phi) is 15.0. The van der Waals surface area contributed by atoms with Gasteiger partial charge in [-0.1, -0.05) is 36.4 Å². The number of halogens is 6. The number of hydrogen-bond donors (Lipinski definition) is 7. The molecule has 0 spiro atoms. The number of quaternary nitrogens is 1. The van der Waals surface area contributed by atoms with Crippen molar-refractivity contribution in [2.45, 2.75) is 50.1 Å². The number of nitrogens with zero attached hydrogens (tertiary/aromatic N) is 3. The molecule has 0 unspecified atom stereocenters. The number of nitrogens with two attached hydrogens (primary N) is 4. The van der Waals surface area contributed by atoms with E-state index in [-0.39, 0.29) is 55.1 Å². The first-order valence-corrected chi connectivity index (χ1v) is 21.3. The number of amides is 2. The van der Waals surface area contributed by atoms with E-state index in [1.54, 1.807) is 58.3 Å². The summed E-state index contributed by atoms with van der Waals surface area (Å²) >= 11 is 0. The van der Waals surface area contributed by atoms with Crippen molar-refractivity contribution in [3.05, 3.63) is 142 Å². The second-order valence-corrected chi connectivity index (χ2v) is 16.9. The Morgan fingerprint density at radius 2 is 1.03 bits per heavy atom. The normalized spacial score (nSPS) is 15.8. The van der Waals surface area contributed by atoms with Crippen LogP contribution >= 0.6 is 0 Å². The van der Waals surface area contributed by atoms with Gasteiger partial charge in [-0.25, -0.2) is 0 Å². The van der Waals surface area contributed by atoms with Crippen LogP contribution in [0.3, 0.4) is 0 Å². The molecule has 66 heavy (non-hydrogen) atoms. The maximum absolute atomic E-state index is 14.1. The molecule has 13 nitrogen and oxygen atoms in total. The zero-order chi connectivity index (χ0) is 48.0. The van der Waals surface area contributed by atoms with Crippen molar-refractivity contribution in [3.63, 3.8) is 0 Å². The molecule has 0 saturated carbocycles. The number of rotatable bonds is 20. The maximum Gasteiger partial charge on any atom is 0.416 e. The van der Waals surface area contributed by atoms with Gasteiger partial charge < -0.3 is 53.0 Å². The van der Waals surface area contributed by atoms with Crippen molar-refractivity contribution < 1.29 is 50.3 Å². The standard InChI is InChI=1S/C47H53F6N9O4/c1-62(22-4-11-39(63)64,23-5-20-60-27-37(58-35-9-2-7-31(25-35)46(48,49)50)40(44(60)65)42(56)29-12-16-33(54)17-13-29)24-6-21-61-28-38(59-36-10-3-8-32(26-36)47(51,52)53)41(45(61)66)43(57)30-14-18-34(55)19-15-30/h2-3,7-10,12-19,25-26,42-43H,4-6,11,20-24,27-28,54-57H2,1H3,(H2-,58,59,63,64,65,66)/p+1/t42-,43-/m1/s1. The number of aliphatic carboxylic acids is 1. The molecule has 2 aliphatic heterocycles. The van der Waals surface area contributed by atoms with E-state index < -0.39 is 53.3 Å². The first-order chi connectivity index (χ1) is 31.1. The SMILES string of the molecule is C[N+](CCCC(=O)O)(CCCN1CC(Nc2cccc(C(F)(F)F)c2)=C([C@H](N)c2ccc(N)cc2)C1=O)CCCN1CC(Nc2cccc(C(F)(F)F)c2)=C([C@H](N)c2ccc(N)cc2)C1=O. The number of carbonyl (C=O) groups is 3. The van der Waals surface area contributed by atoms with Gasteiger partial charge in [-0.15, -0.1) is 0 Å². The highest BCUT2D eigenvalue weighted by Crippen LogP contribution is 2.36. The predicted octanol–water partition coefficient (Wildman–Crippen LogP) is 7.10. The molecule has 0 radical (unpaired) electrons. The minimum atomic E-state index is -4.59. The van der Waals surface area contributed by atoms with Gasteiger partial charge in [0.1, 0.15) is 0 Å². The lowest BCUT2D eigenvalue weighted by Gasteiger charge is -2.36. The summed E-state index contributed by atoms with van der Waals surface area (Å²) in [5.41, 5.74) is 26.8. The van der Waals surface area contributed by atoms with Crippen LogP contribution in [-0.4, -0.2) is 90.0 Å². The Balaban J connectivity index is 1.15. The molecule has 19 heteroatoms. The fourth-order valence-electron chi connectivity index (χ4n) is 8.38. The number of carboxylic acid groups (broad SMARTS) is 1. The van der Waals surface area contributed by atoms with Gasteiger partial charge in [0, 0.05) is 66.5 Å². The molecule has 0 fully saturated rings. The molecule has 0 aromatic heterocycles. The average Bonchev–Trinajstić information content (AvgIpc) is 3.73. The maximum atomic E-state index is 14.1. The van der Waals surface area contributed by atoms with Crippen molar-refractivity contribution >= 4 is 40.5 Å². The van der Waals surface area contributed by atoms with Crippen LogP contribution in [-0.2, 0) is 26.7 Å². The molecule has 0 saturated heterocycles. The molecule has 352 valence electrons. The molecular weight excluding hydrogens is 869 g/mol. The fourth-order valence-corrected chi connectivity index (χ4v) is 8.38. The summed E-state index contributed by atoms with van der Waals surface area (Å²) in [5.74, 6) is -1.74. The number of nitrogen functional groups attached to an aromatic ring is 2. The van der Waals surface area contributed by atoms with E-state index in [0.717, 1.165) is 24.3 Å². The van der Waals surface area contributed by atoms with Crippen LogP contribution in [0, 0.1) is 0 Å². The first kappa shape index (κ1) is 48.9. The number of nitrogens with one attached hydrogen (secondary N) is 2. The van der Waals surface area contributed by atoms with Crippen molar-refractivity contribution in [1.29, 1.82) is 0 Å². The lowest BCUT2D eigenvalue weighted by molar-refractivity contribution is -0.910. The topological polar surface area (TPSA) is 206 Å². The molecule has 6 rings (SSSR count). The van der Waals surface area contributed by atoms with Gasteiger partial charge in [-0.05, 0) is 71.8 Å². The zero-order valence-corrected chi connectivity index (χ0v) is 36.3. The molecule has 0 bridgehead atoms. The quantitative estimate of drug-likeness (QED) is 0.0272. The summed E-state index contributed by atoms with van der Waals surface area (Å²) in [6.45, 7) is 1.98. The van der Waals surface area contributed by atoms with Crippen molar-refractivity contribution in [2.24, 2.45) is 11.5 Å². The first-order valence-electron chi connectivity index (χ1n) is 21.3. The van der Waals surface area contributed by atoms with Crippen LogP contribution in [0.15, 0.2) is 120 Å². The molecule has 4 aromatic rings. The van der Waals surface area contributed by atoms with Crippen LogP contribution < -0.4 is 33.6 Å². The van der Waals surface area contributed by atoms with Crippen LogP contribution in [0.2, 0.25) is 0 Å². The van der Waals surface area contributed by atoms with Crippen molar-refractivity contribution in [1.82, 2.24) is 9.80 Å². The Hall–Kier alpha value is -6.57. The largest absolute Gasteiger partial charge is 0.481 e. The van der Waals surface area contributed by atoms with E-state index in [0.29, 0.717) is 77.3 Å². The van der Waals surface area contributed by atoms with Gasteiger partial charge in [-0.3, -0.25) is 14.4 Å². The third-order valence-electron chi connectivity index (χ3n) is 11.9. The van der Waals surface area contributed by atoms with Gasteiger partial charge in [0.05, 0.1) is 80.5 Å². The van der Waals surface area contributed by atoms with Crippen molar-refractivity contribution in [2.75, 3.05) is 75.0 Å². The molecule has 2 heterocycles. The minimum absolute atomic E-state index is 0.0393. The molecule has 11 N–H and O–H groups in total. The molecule has 2 atom stereocenters. The highest BCUT2D eigenvalue weighted by Gasteiger charge is 2.38. The molecular formula is C47H54F6N9O4+. The van der Waals surface area contributed by atoms with Crippen LogP contribution in [0.1, 0.15) is 60.0 Å². The molecule has 4 aromatic carbocycles. The summed E-state index contributed by atoms with van der Waals surface area (Å²) in [6, 6.07) is 20.7. The van der Waals surface area contributed by atoms with Crippen molar-refractivity contribution in [3.8, 4) is 0 Å². The summed E-state index contributed by atoms with van der Waals surface area (Å²) in [6.07, 6.45) is -8.01. The summed E-state index contributed by atoms with van der Waals surface area (Å²) in [5, 5.41) is 15.5. The molecule has 2 amide bonds. The van der Waals surface area contributed by atoms with Crippen LogP contribution in [0.5, 0.6) is 0 Å². The smallest absolute Gasteiger partial charge is 0.416 e. The highest BCUT2D eigenvalue weighted by molar-refractivity contribution is 6.00. The van der Waals surface area contributed by atoms with Gasteiger partial charge in [0.2, 0.25) is 0 Å². The van der Waals surface area contributed by atoms with E-state index in [1.165, 1.54) is 24.3 Å². The number of carboxylic acids is 1. The lowest BCUT2D eigenvalue weighted by atomic mass is 9.98. The zero-order valence-electron chi connectivity index (χ0n) is 36.3. The molecule has 2 aliphatic rings. The van der Waals surface area contributed by atoms with Gasteiger partial charge in [-0.2, -0.15) is 26.3 Å². The van der Waals surface area contributed by atoms with E-state index >= 15 is 0 Å². The third kappa shape index (κ3) is 12.2. The Morgan fingerprint density at radius 1 is 0.652 bits per heavy atom. The number of carbonyl (C=O) groups excluding carboxylic acids is 2. The summed E-state index contributed by atoms with van der Waals surface area (Å²) < 4.78 is 82.0.